The molecule has 4 aliphatic heterocycles. The molecule has 0 bridgehead atoms. The normalized spacial score (nSPS) is 22.0. The maximum atomic E-state index is 5.45. The van der Waals surface area contributed by atoms with Gasteiger partial charge in [-0.1, -0.05) is 13.8 Å². The minimum Gasteiger partial charge on any atom is -1.00 e. The summed E-state index contributed by atoms with van der Waals surface area (Å²) in [7, 11) is 0. The van der Waals surface area contributed by atoms with Crippen LogP contribution in [0.5, 0.6) is 0 Å². The summed E-state index contributed by atoms with van der Waals surface area (Å²) in [6.07, 6.45) is 5.88. The summed E-state index contributed by atoms with van der Waals surface area (Å²) in [5.41, 5.74) is 0. The summed E-state index contributed by atoms with van der Waals surface area (Å²) in [6.45, 7) is 17.9. The maximum absolute atomic E-state index is 5.45. The zero-order valence-corrected chi connectivity index (χ0v) is 25.8. The molecule has 12 heteroatoms. The van der Waals surface area contributed by atoms with Crippen LogP contribution >= 0.6 is 0 Å². The molecule has 0 saturated carbocycles. The number of hydroxylamine groups is 2. The molecule has 1 unspecified atom stereocenters. The van der Waals surface area contributed by atoms with E-state index in [1.807, 2.05) is 5.06 Å². The summed E-state index contributed by atoms with van der Waals surface area (Å²) in [5, 5.41) is 9.19. The Balaban J connectivity index is 0. The van der Waals surface area contributed by atoms with Crippen LogP contribution in [-0.4, -0.2) is 140 Å². The van der Waals surface area contributed by atoms with E-state index in [-0.39, 0.29) is 46.1 Å². The van der Waals surface area contributed by atoms with Crippen molar-refractivity contribution >= 4 is 23.1 Å². The van der Waals surface area contributed by atoms with Crippen molar-refractivity contribution in [3.05, 3.63) is 5.32 Å². The van der Waals surface area contributed by atoms with Gasteiger partial charge in [0.2, 0.25) is 0 Å². The van der Waals surface area contributed by atoms with Crippen molar-refractivity contribution < 1.29 is 50.5 Å². The molecule has 0 aromatic rings. The molecule has 4 saturated heterocycles. The molecule has 36 heavy (non-hydrogen) atoms. The number of ether oxygens (including phenoxy) is 4. The van der Waals surface area contributed by atoms with Crippen LogP contribution in [0.2, 0.25) is 0 Å². The average Bonchev–Trinajstić information content (AvgIpc) is 2.94. The number of hydrogen-bond donors (Lipinski definition) is 1. The largest absolute Gasteiger partial charge is 2.00 e. The molecule has 0 aromatic heterocycles. The number of hydrogen-bond acceptors (Lipinski definition) is 9. The Morgan fingerprint density at radius 1 is 0.806 bits per heavy atom. The maximum Gasteiger partial charge on any atom is 2.00 e. The fourth-order valence-corrected chi connectivity index (χ4v) is 3.09. The molecule has 212 valence electrons. The Bertz CT molecular complexity index is 369. The molecule has 4 rings (SSSR count). The van der Waals surface area contributed by atoms with Gasteiger partial charge in [-0.3, -0.25) is 4.84 Å². The van der Waals surface area contributed by atoms with Crippen LogP contribution in [0.15, 0.2) is 0 Å². The van der Waals surface area contributed by atoms with E-state index in [9.17, 15) is 0 Å². The molecule has 1 atom stereocenters. The Labute approximate surface area is 245 Å². The third kappa shape index (κ3) is 26.5. The molecule has 4 heterocycles. The number of nitrogens with one attached hydrogen (secondary N) is 1. The topological polar surface area (TPSA) is 94.0 Å². The van der Waals surface area contributed by atoms with Gasteiger partial charge >= 0.3 is 23.1 Å². The standard InChI is InChI=1S/C9H18O3.C7H15NO2.C4H9NO.C4H8NO.BrH.Mg/c1-2-6-11-12-8-9-5-3-4-7-10-9;1-2-5-10-8-3-6-9-7-4-8;2*1-3-6-4-2-5-1;;/h9H,2-8H2,1H3;2-7H2,1H3;5H,1-4H2;1-4H2;1H;/q;;;-1;;+2/p-1. The van der Waals surface area contributed by atoms with Crippen molar-refractivity contribution in [2.75, 3.05) is 105 Å². The summed E-state index contributed by atoms with van der Waals surface area (Å²) in [6, 6.07) is 0. The third-order valence-corrected chi connectivity index (χ3v) is 4.98. The number of morpholine rings is 3. The number of halogens is 1. The van der Waals surface area contributed by atoms with Crippen LogP contribution in [0.25, 0.3) is 5.32 Å². The average molecular weight is 597 g/mol. The van der Waals surface area contributed by atoms with Gasteiger partial charge in [0.1, 0.15) is 6.61 Å². The van der Waals surface area contributed by atoms with E-state index < -0.39 is 0 Å². The van der Waals surface area contributed by atoms with Gasteiger partial charge in [-0.05, 0) is 32.1 Å². The molecular weight excluding hydrogens is 546 g/mol. The van der Waals surface area contributed by atoms with Gasteiger partial charge in [-0.25, -0.2) is 9.78 Å². The van der Waals surface area contributed by atoms with Crippen molar-refractivity contribution in [3.63, 3.8) is 0 Å². The zero-order chi connectivity index (χ0) is 24.4. The van der Waals surface area contributed by atoms with Crippen molar-refractivity contribution in [2.24, 2.45) is 0 Å². The Morgan fingerprint density at radius 2 is 1.44 bits per heavy atom. The Morgan fingerprint density at radius 3 is 1.89 bits per heavy atom. The summed E-state index contributed by atoms with van der Waals surface area (Å²) in [5.74, 6) is 0. The summed E-state index contributed by atoms with van der Waals surface area (Å²) in [4.78, 5) is 15.3. The molecule has 4 aliphatic rings. The first kappa shape index (κ1) is 39.0. The van der Waals surface area contributed by atoms with E-state index in [1.165, 1.54) is 12.8 Å². The minimum absolute atomic E-state index is 0. The van der Waals surface area contributed by atoms with Gasteiger partial charge in [0, 0.05) is 46.0 Å². The first-order chi connectivity index (χ1) is 16.9. The smallest absolute Gasteiger partial charge is 1.00 e. The van der Waals surface area contributed by atoms with Gasteiger partial charge in [0.25, 0.3) is 0 Å². The zero-order valence-electron chi connectivity index (χ0n) is 22.8. The van der Waals surface area contributed by atoms with E-state index >= 15 is 0 Å². The molecule has 10 nitrogen and oxygen atoms in total. The van der Waals surface area contributed by atoms with Crippen LogP contribution in [0.3, 0.4) is 0 Å². The van der Waals surface area contributed by atoms with Gasteiger partial charge < -0.3 is 46.6 Å². The SMILES string of the molecule is C1COCCN1.C1COCC[N-]1.CCCON1CCOCC1.CCCOOCC1CCCCO1.[Br-].[Mg+2]. The van der Waals surface area contributed by atoms with Gasteiger partial charge in [0.15, 0.2) is 0 Å². The van der Waals surface area contributed by atoms with Crippen molar-refractivity contribution in [1.29, 1.82) is 0 Å². The van der Waals surface area contributed by atoms with E-state index in [4.69, 9.17) is 33.6 Å². The molecular formula is C24H50BrMgN3O7. The fraction of sp³-hybridized carbons (Fsp3) is 1.00. The van der Waals surface area contributed by atoms with Gasteiger partial charge in [-0.15, -0.1) is 13.1 Å². The second kappa shape index (κ2) is 32.1. The van der Waals surface area contributed by atoms with Gasteiger partial charge in [0.05, 0.1) is 45.7 Å². The molecule has 4 fully saturated rings. The summed E-state index contributed by atoms with van der Waals surface area (Å²) >= 11 is 0. The van der Waals surface area contributed by atoms with Gasteiger partial charge in [-0.2, -0.15) is 5.06 Å². The number of rotatable bonds is 8. The van der Waals surface area contributed by atoms with Crippen LogP contribution in [0.4, 0.5) is 0 Å². The van der Waals surface area contributed by atoms with E-state index in [0.717, 1.165) is 111 Å². The van der Waals surface area contributed by atoms with Crippen LogP contribution in [0.1, 0.15) is 46.0 Å². The van der Waals surface area contributed by atoms with Crippen molar-refractivity contribution in [1.82, 2.24) is 10.4 Å². The Hall–Kier alpha value is 0.846. The van der Waals surface area contributed by atoms with Crippen LogP contribution in [0, 0.1) is 0 Å². The van der Waals surface area contributed by atoms with E-state index in [2.05, 4.69) is 24.5 Å². The quantitative estimate of drug-likeness (QED) is 0.167. The molecule has 1 N–H and O–H groups in total. The van der Waals surface area contributed by atoms with Crippen LogP contribution in [-0.2, 0) is 33.6 Å². The third-order valence-electron chi connectivity index (χ3n) is 4.98. The Kier molecular flexibility index (Phi) is 34.7. The van der Waals surface area contributed by atoms with E-state index in [0.29, 0.717) is 13.2 Å². The molecule has 0 amide bonds. The minimum atomic E-state index is 0. The van der Waals surface area contributed by atoms with E-state index in [1.54, 1.807) is 0 Å². The van der Waals surface area contributed by atoms with Crippen molar-refractivity contribution in [3.8, 4) is 0 Å². The first-order valence-corrected chi connectivity index (χ1v) is 13.2. The predicted molar refractivity (Wildman–Crippen MR) is 138 cm³/mol. The predicted octanol–water partition coefficient (Wildman–Crippen LogP) is -0.806. The fourth-order valence-electron chi connectivity index (χ4n) is 3.09. The molecule has 0 aliphatic carbocycles. The molecule has 0 spiro atoms. The van der Waals surface area contributed by atoms with Crippen molar-refractivity contribution in [2.45, 2.75) is 52.1 Å². The number of nitrogens with zero attached hydrogens (tertiary/aromatic N) is 2. The first-order valence-electron chi connectivity index (χ1n) is 13.2. The second-order valence-corrected chi connectivity index (χ2v) is 8.12. The monoisotopic (exact) mass is 595 g/mol. The second-order valence-electron chi connectivity index (χ2n) is 8.12. The summed E-state index contributed by atoms with van der Waals surface area (Å²) < 4.78 is 20.6. The van der Waals surface area contributed by atoms with Crippen LogP contribution < -0.4 is 22.3 Å². The molecule has 0 radical (unpaired) electrons. The molecule has 0 aromatic carbocycles.